The van der Waals surface area contributed by atoms with Crippen molar-refractivity contribution in [2.45, 2.75) is 25.6 Å². The molecule has 0 aliphatic rings. The van der Waals surface area contributed by atoms with Crippen molar-refractivity contribution in [1.82, 2.24) is 5.32 Å². The molecule has 0 radical (unpaired) electrons. The van der Waals surface area contributed by atoms with Gasteiger partial charge in [-0.05, 0) is 33.9 Å². The molecule has 0 aliphatic heterocycles. The van der Waals surface area contributed by atoms with E-state index in [4.69, 9.17) is 11.6 Å². The Bertz CT molecular complexity index is 159. The molecule has 0 amide bonds. The maximum Gasteiger partial charge on any atom is 0.0490 e. The lowest BCUT2D eigenvalue weighted by Gasteiger charge is -2.00. The van der Waals surface area contributed by atoms with Gasteiger partial charge in [0.15, 0.2) is 0 Å². The smallest absolute Gasteiger partial charge is 0.0490 e. The highest BCUT2D eigenvalue weighted by Gasteiger charge is 1.91. The van der Waals surface area contributed by atoms with Crippen LogP contribution >= 0.6 is 11.6 Å². The van der Waals surface area contributed by atoms with Gasteiger partial charge in [-0.1, -0.05) is 23.8 Å². The molecule has 0 aromatic rings. The topological polar surface area (TPSA) is 12.0 Å². The lowest BCUT2D eigenvalue weighted by molar-refractivity contribution is 0.793. The fourth-order valence-electron chi connectivity index (χ4n) is 0.849. The highest BCUT2D eigenvalue weighted by molar-refractivity contribution is 6.21. The standard InChI is InChI=1S/C10H18ClN/c1-4-10(7-8-12-3)6-5-9(2)11/h4-6,9,12H,7-8H2,1-3H3/b6-5-,10-4+. The molecule has 0 spiro atoms. The fourth-order valence-corrected chi connectivity index (χ4v) is 0.922. The predicted molar refractivity (Wildman–Crippen MR) is 56.8 cm³/mol. The van der Waals surface area contributed by atoms with E-state index in [2.05, 4.69) is 17.5 Å². The van der Waals surface area contributed by atoms with E-state index in [0.29, 0.717) is 0 Å². The Morgan fingerprint density at radius 1 is 1.58 bits per heavy atom. The summed E-state index contributed by atoms with van der Waals surface area (Å²) in [5.41, 5.74) is 1.33. The van der Waals surface area contributed by atoms with Gasteiger partial charge in [-0.2, -0.15) is 0 Å². The van der Waals surface area contributed by atoms with E-state index in [1.165, 1.54) is 5.57 Å². The van der Waals surface area contributed by atoms with Gasteiger partial charge in [-0.25, -0.2) is 0 Å². The summed E-state index contributed by atoms with van der Waals surface area (Å²) in [6.07, 6.45) is 7.28. The Kier molecular flexibility index (Phi) is 7.22. The van der Waals surface area contributed by atoms with Crippen LogP contribution < -0.4 is 5.32 Å². The molecular formula is C10H18ClN. The lowest BCUT2D eigenvalue weighted by Crippen LogP contribution is -2.07. The fraction of sp³-hybridized carbons (Fsp3) is 0.600. The van der Waals surface area contributed by atoms with Crippen molar-refractivity contribution in [3.63, 3.8) is 0 Å². The first-order chi connectivity index (χ1) is 5.70. The van der Waals surface area contributed by atoms with Crippen LogP contribution in [0.5, 0.6) is 0 Å². The minimum absolute atomic E-state index is 0.120. The van der Waals surface area contributed by atoms with Crippen molar-refractivity contribution in [2.75, 3.05) is 13.6 Å². The number of rotatable bonds is 5. The highest BCUT2D eigenvalue weighted by Crippen LogP contribution is 2.05. The summed E-state index contributed by atoms with van der Waals surface area (Å²) in [6, 6.07) is 0. The SMILES string of the molecule is C/C=C(\C=C/C(C)Cl)CCNC. The first kappa shape index (κ1) is 11.7. The van der Waals surface area contributed by atoms with Gasteiger partial charge >= 0.3 is 0 Å². The van der Waals surface area contributed by atoms with Crippen molar-refractivity contribution in [1.29, 1.82) is 0 Å². The molecule has 0 aromatic carbocycles. The summed E-state index contributed by atoms with van der Waals surface area (Å²) in [7, 11) is 1.96. The Morgan fingerprint density at radius 2 is 2.25 bits per heavy atom. The number of allylic oxidation sites excluding steroid dienone is 3. The third-order valence-electron chi connectivity index (χ3n) is 1.61. The van der Waals surface area contributed by atoms with E-state index >= 15 is 0 Å². The lowest BCUT2D eigenvalue weighted by atomic mass is 10.1. The van der Waals surface area contributed by atoms with Crippen molar-refractivity contribution in [3.8, 4) is 0 Å². The van der Waals surface area contributed by atoms with E-state index in [0.717, 1.165) is 13.0 Å². The Labute approximate surface area is 80.5 Å². The average molecular weight is 188 g/mol. The molecule has 70 valence electrons. The molecule has 0 aromatic heterocycles. The molecule has 0 fully saturated rings. The summed E-state index contributed by atoms with van der Waals surface area (Å²) < 4.78 is 0. The number of hydrogen-bond donors (Lipinski definition) is 1. The van der Waals surface area contributed by atoms with Crippen LogP contribution in [0.2, 0.25) is 0 Å². The van der Waals surface area contributed by atoms with E-state index in [1.54, 1.807) is 0 Å². The molecule has 2 heteroatoms. The van der Waals surface area contributed by atoms with Gasteiger partial charge in [0.25, 0.3) is 0 Å². The maximum absolute atomic E-state index is 5.78. The molecule has 12 heavy (non-hydrogen) atoms. The van der Waals surface area contributed by atoms with E-state index < -0.39 is 0 Å². The van der Waals surface area contributed by atoms with E-state index in [-0.39, 0.29) is 5.38 Å². The van der Waals surface area contributed by atoms with Gasteiger partial charge in [0.2, 0.25) is 0 Å². The number of hydrogen-bond acceptors (Lipinski definition) is 1. The summed E-state index contributed by atoms with van der Waals surface area (Å²) in [6.45, 7) is 5.03. The zero-order chi connectivity index (χ0) is 9.40. The zero-order valence-electron chi connectivity index (χ0n) is 8.10. The third kappa shape index (κ3) is 6.44. The monoisotopic (exact) mass is 187 g/mol. The molecule has 1 nitrogen and oxygen atoms in total. The van der Waals surface area contributed by atoms with Crippen molar-refractivity contribution < 1.29 is 0 Å². The molecule has 0 rings (SSSR count). The zero-order valence-corrected chi connectivity index (χ0v) is 8.86. The second-order valence-corrected chi connectivity index (χ2v) is 3.44. The van der Waals surface area contributed by atoms with Gasteiger partial charge in [-0.15, -0.1) is 11.6 Å². The molecule has 0 aliphatic carbocycles. The minimum Gasteiger partial charge on any atom is -0.319 e. The quantitative estimate of drug-likeness (QED) is 0.516. The van der Waals surface area contributed by atoms with Gasteiger partial charge in [-0.3, -0.25) is 0 Å². The van der Waals surface area contributed by atoms with Crippen LogP contribution in [0.4, 0.5) is 0 Å². The first-order valence-corrected chi connectivity index (χ1v) is 4.76. The number of halogens is 1. The first-order valence-electron chi connectivity index (χ1n) is 4.32. The number of alkyl halides is 1. The Balaban J connectivity index is 3.84. The summed E-state index contributed by atoms with van der Waals surface area (Å²) in [5.74, 6) is 0. The summed E-state index contributed by atoms with van der Waals surface area (Å²) in [5, 5.41) is 3.23. The molecule has 1 N–H and O–H groups in total. The molecule has 0 bridgehead atoms. The molecular weight excluding hydrogens is 170 g/mol. The van der Waals surface area contributed by atoms with Crippen LogP contribution in [-0.2, 0) is 0 Å². The Hall–Kier alpha value is -0.270. The van der Waals surface area contributed by atoms with Crippen molar-refractivity contribution in [3.05, 3.63) is 23.8 Å². The van der Waals surface area contributed by atoms with Gasteiger partial charge in [0.05, 0.1) is 0 Å². The van der Waals surface area contributed by atoms with Crippen LogP contribution in [-0.4, -0.2) is 19.0 Å². The van der Waals surface area contributed by atoms with Crippen LogP contribution in [0, 0.1) is 0 Å². The minimum atomic E-state index is 0.120. The van der Waals surface area contributed by atoms with E-state index in [9.17, 15) is 0 Å². The average Bonchev–Trinajstić information content (AvgIpc) is 2.05. The van der Waals surface area contributed by atoms with Crippen LogP contribution in [0.1, 0.15) is 20.3 Å². The van der Waals surface area contributed by atoms with E-state index in [1.807, 2.05) is 27.0 Å². The Morgan fingerprint density at radius 3 is 2.67 bits per heavy atom. The van der Waals surface area contributed by atoms with Gasteiger partial charge in [0.1, 0.15) is 0 Å². The van der Waals surface area contributed by atoms with Gasteiger partial charge in [0, 0.05) is 5.38 Å². The summed E-state index contributed by atoms with van der Waals surface area (Å²) in [4.78, 5) is 0. The van der Waals surface area contributed by atoms with Gasteiger partial charge < -0.3 is 5.32 Å². The molecule has 0 heterocycles. The second-order valence-electron chi connectivity index (χ2n) is 2.75. The van der Waals surface area contributed by atoms with Crippen LogP contribution in [0.25, 0.3) is 0 Å². The molecule has 0 saturated heterocycles. The number of nitrogens with one attached hydrogen (secondary N) is 1. The molecule has 0 saturated carbocycles. The van der Waals surface area contributed by atoms with Crippen molar-refractivity contribution in [2.24, 2.45) is 0 Å². The normalized spacial score (nSPS) is 15.5. The highest BCUT2D eigenvalue weighted by atomic mass is 35.5. The van der Waals surface area contributed by atoms with Crippen LogP contribution in [0.15, 0.2) is 23.8 Å². The third-order valence-corrected chi connectivity index (χ3v) is 1.76. The molecule has 1 atom stereocenters. The largest absolute Gasteiger partial charge is 0.319 e. The second kappa shape index (κ2) is 7.38. The van der Waals surface area contributed by atoms with Crippen LogP contribution in [0.3, 0.4) is 0 Å². The predicted octanol–water partition coefficient (Wildman–Crippen LogP) is 2.73. The molecule has 1 unspecified atom stereocenters. The summed E-state index contributed by atoms with van der Waals surface area (Å²) >= 11 is 5.78. The maximum atomic E-state index is 5.78. The van der Waals surface area contributed by atoms with Crippen molar-refractivity contribution >= 4 is 11.6 Å².